The molecule has 0 saturated heterocycles. The van der Waals surface area contributed by atoms with Gasteiger partial charge < -0.3 is 4.90 Å². The Hall–Kier alpha value is -2.43. The molecule has 0 saturated carbocycles. The molecule has 0 aliphatic heterocycles. The second-order valence-electron chi connectivity index (χ2n) is 6.34. The number of anilines is 2. The second-order valence-corrected chi connectivity index (χ2v) is 7.54. The van der Waals surface area contributed by atoms with Crippen molar-refractivity contribution in [1.29, 1.82) is 0 Å². The number of halogens is 1. The lowest BCUT2D eigenvalue weighted by atomic mass is 10.0. The molecule has 5 heteroatoms. The van der Waals surface area contributed by atoms with E-state index >= 15 is 0 Å². The third-order valence-electron chi connectivity index (χ3n) is 4.67. The maximum Gasteiger partial charge on any atom is 0.225 e. The topological polar surface area (TPSA) is 29.0 Å². The first-order valence-electron chi connectivity index (χ1n) is 8.36. The van der Waals surface area contributed by atoms with E-state index in [1.807, 2.05) is 25.2 Å². The molecular weight excluding hydrogens is 362 g/mol. The quantitative estimate of drug-likeness (QED) is 0.386. The van der Waals surface area contributed by atoms with Gasteiger partial charge in [-0.1, -0.05) is 36.4 Å². The van der Waals surface area contributed by atoms with Crippen LogP contribution in [0, 0.1) is 13.8 Å². The van der Waals surface area contributed by atoms with Gasteiger partial charge in [0.05, 0.1) is 5.39 Å². The summed E-state index contributed by atoms with van der Waals surface area (Å²) in [5, 5.41) is 3.44. The van der Waals surface area contributed by atoms with Gasteiger partial charge in [-0.2, -0.15) is 4.98 Å². The Bertz CT molecular complexity index is 1090. The van der Waals surface area contributed by atoms with Crippen molar-refractivity contribution in [2.24, 2.45) is 0 Å². The van der Waals surface area contributed by atoms with Crippen molar-refractivity contribution in [1.82, 2.24) is 9.97 Å². The first kappa shape index (κ1) is 17.0. The summed E-state index contributed by atoms with van der Waals surface area (Å²) in [5.41, 5.74) is 5.93. The lowest BCUT2D eigenvalue weighted by Crippen LogP contribution is -2.12. The minimum Gasteiger partial charge on any atom is -0.329 e. The molecule has 0 radical (unpaired) electrons. The number of benzene rings is 2. The SMILES string of the molecule is Cc1ccc(-c2csc3nc(Cl)nc(N(C)c4ccccc4)c23)cc1C. The molecule has 2 aromatic carbocycles. The smallest absolute Gasteiger partial charge is 0.225 e. The Morgan fingerprint density at radius 1 is 0.962 bits per heavy atom. The molecule has 0 fully saturated rings. The molecule has 0 aliphatic carbocycles. The maximum atomic E-state index is 6.21. The van der Waals surface area contributed by atoms with Crippen LogP contribution in [0.2, 0.25) is 5.28 Å². The van der Waals surface area contributed by atoms with Crippen LogP contribution >= 0.6 is 22.9 Å². The zero-order chi connectivity index (χ0) is 18.3. The fourth-order valence-corrected chi connectivity index (χ4v) is 4.19. The number of rotatable bonds is 3. The molecule has 130 valence electrons. The predicted octanol–water partition coefficient (Wildman–Crippen LogP) is 6.40. The first-order valence-corrected chi connectivity index (χ1v) is 9.61. The molecular formula is C21H18ClN3S. The number of aromatic nitrogens is 2. The van der Waals surface area contributed by atoms with E-state index in [0.717, 1.165) is 27.3 Å². The molecule has 4 rings (SSSR count). The van der Waals surface area contributed by atoms with Crippen LogP contribution in [-0.4, -0.2) is 17.0 Å². The summed E-state index contributed by atoms with van der Waals surface area (Å²) in [6, 6.07) is 16.7. The summed E-state index contributed by atoms with van der Waals surface area (Å²) in [7, 11) is 2.01. The van der Waals surface area contributed by atoms with Crippen LogP contribution in [0.4, 0.5) is 11.5 Å². The summed E-state index contributed by atoms with van der Waals surface area (Å²) in [4.78, 5) is 12.0. The van der Waals surface area contributed by atoms with Gasteiger partial charge in [0.1, 0.15) is 10.6 Å². The minimum absolute atomic E-state index is 0.267. The Morgan fingerprint density at radius 3 is 2.46 bits per heavy atom. The highest BCUT2D eigenvalue weighted by molar-refractivity contribution is 7.17. The van der Waals surface area contributed by atoms with Gasteiger partial charge in [-0.05, 0) is 54.3 Å². The number of nitrogens with zero attached hydrogens (tertiary/aromatic N) is 3. The number of thiophene rings is 1. The third-order valence-corrected chi connectivity index (χ3v) is 5.71. The molecule has 0 aliphatic rings. The van der Waals surface area contributed by atoms with E-state index in [0.29, 0.717) is 0 Å². The van der Waals surface area contributed by atoms with Crippen LogP contribution in [0.25, 0.3) is 21.3 Å². The average molecular weight is 380 g/mol. The van der Waals surface area contributed by atoms with Crippen LogP contribution in [0.15, 0.2) is 53.9 Å². The number of hydrogen-bond donors (Lipinski definition) is 0. The van der Waals surface area contributed by atoms with Gasteiger partial charge in [-0.15, -0.1) is 11.3 Å². The van der Waals surface area contributed by atoms with Crippen molar-refractivity contribution in [3.8, 4) is 11.1 Å². The van der Waals surface area contributed by atoms with Gasteiger partial charge in [-0.3, -0.25) is 0 Å². The van der Waals surface area contributed by atoms with Gasteiger partial charge in [0.15, 0.2) is 0 Å². The van der Waals surface area contributed by atoms with Crippen molar-refractivity contribution >= 4 is 44.7 Å². The predicted molar refractivity (Wildman–Crippen MR) is 112 cm³/mol. The highest BCUT2D eigenvalue weighted by Crippen LogP contribution is 2.40. The van der Waals surface area contributed by atoms with Gasteiger partial charge >= 0.3 is 0 Å². The van der Waals surface area contributed by atoms with Gasteiger partial charge in [0, 0.05) is 23.7 Å². The van der Waals surface area contributed by atoms with Crippen molar-refractivity contribution in [2.75, 3.05) is 11.9 Å². The maximum absolute atomic E-state index is 6.21. The van der Waals surface area contributed by atoms with E-state index < -0.39 is 0 Å². The number of aryl methyl sites for hydroxylation is 2. The Morgan fingerprint density at radius 2 is 1.73 bits per heavy atom. The van der Waals surface area contributed by atoms with Gasteiger partial charge in [-0.25, -0.2) is 4.98 Å². The number of hydrogen-bond acceptors (Lipinski definition) is 4. The number of fused-ring (bicyclic) bond motifs is 1. The summed E-state index contributed by atoms with van der Waals surface area (Å²) in [6.07, 6.45) is 0. The average Bonchev–Trinajstić information content (AvgIpc) is 3.07. The Labute approximate surface area is 161 Å². The normalized spacial score (nSPS) is 11.1. The Kier molecular flexibility index (Phi) is 4.39. The van der Waals surface area contributed by atoms with Crippen molar-refractivity contribution in [2.45, 2.75) is 13.8 Å². The fraction of sp³-hybridized carbons (Fsp3) is 0.143. The molecule has 26 heavy (non-hydrogen) atoms. The monoisotopic (exact) mass is 379 g/mol. The van der Waals surface area contributed by atoms with Crippen molar-refractivity contribution in [3.05, 3.63) is 70.3 Å². The molecule has 0 N–H and O–H groups in total. The highest BCUT2D eigenvalue weighted by Gasteiger charge is 2.18. The molecule has 0 atom stereocenters. The first-order chi connectivity index (χ1) is 12.5. The zero-order valence-electron chi connectivity index (χ0n) is 14.8. The van der Waals surface area contributed by atoms with Crippen LogP contribution in [0.3, 0.4) is 0 Å². The molecule has 2 heterocycles. The molecule has 0 amide bonds. The number of para-hydroxylation sites is 1. The summed E-state index contributed by atoms with van der Waals surface area (Å²) in [5.74, 6) is 0.820. The zero-order valence-corrected chi connectivity index (χ0v) is 16.4. The standard InChI is InChI=1S/C21H18ClN3S/c1-13-9-10-15(11-14(13)2)17-12-26-20-18(17)19(23-21(22)24-20)25(3)16-7-5-4-6-8-16/h4-12H,1-3H3. The lowest BCUT2D eigenvalue weighted by molar-refractivity contribution is 1.12. The van der Waals surface area contributed by atoms with E-state index in [1.54, 1.807) is 11.3 Å². The van der Waals surface area contributed by atoms with Crippen LogP contribution in [-0.2, 0) is 0 Å². The van der Waals surface area contributed by atoms with E-state index in [-0.39, 0.29) is 5.28 Å². The van der Waals surface area contributed by atoms with E-state index in [1.165, 1.54) is 16.7 Å². The van der Waals surface area contributed by atoms with Crippen molar-refractivity contribution in [3.63, 3.8) is 0 Å². The minimum atomic E-state index is 0.267. The molecule has 0 bridgehead atoms. The summed E-state index contributed by atoms with van der Waals surface area (Å²) >= 11 is 7.81. The molecule has 4 aromatic rings. The lowest BCUT2D eigenvalue weighted by Gasteiger charge is -2.20. The molecule has 0 spiro atoms. The van der Waals surface area contributed by atoms with E-state index in [2.05, 4.69) is 64.4 Å². The summed E-state index contributed by atoms with van der Waals surface area (Å²) < 4.78 is 0. The van der Waals surface area contributed by atoms with Gasteiger partial charge in [0.2, 0.25) is 5.28 Å². The van der Waals surface area contributed by atoms with Crippen molar-refractivity contribution < 1.29 is 0 Å². The van der Waals surface area contributed by atoms with Gasteiger partial charge in [0.25, 0.3) is 0 Å². The highest BCUT2D eigenvalue weighted by atomic mass is 35.5. The molecule has 0 unspecified atom stereocenters. The van der Waals surface area contributed by atoms with Crippen LogP contribution < -0.4 is 4.90 Å². The Balaban J connectivity index is 1.95. The fourth-order valence-electron chi connectivity index (χ4n) is 3.04. The van der Waals surface area contributed by atoms with Crippen LogP contribution in [0.5, 0.6) is 0 Å². The second kappa shape index (κ2) is 6.71. The largest absolute Gasteiger partial charge is 0.329 e. The molecule has 3 nitrogen and oxygen atoms in total. The summed E-state index contributed by atoms with van der Waals surface area (Å²) in [6.45, 7) is 4.26. The van der Waals surface area contributed by atoms with Crippen LogP contribution in [0.1, 0.15) is 11.1 Å². The molecule has 2 aromatic heterocycles. The van der Waals surface area contributed by atoms with E-state index in [9.17, 15) is 0 Å². The van der Waals surface area contributed by atoms with E-state index in [4.69, 9.17) is 11.6 Å². The third kappa shape index (κ3) is 2.96.